The van der Waals surface area contributed by atoms with Crippen molar-refractivity contribution in [3.8, 4) is 0 Å². The van der Waals surface area contributed by atoms with Crippen molar-refractivity contribution in [2.45, 2.75) is 26.3 Å². The van der Waals surface area contributed by atoms with E-state index in [1.54, 1.807) is 0 Å². The van der Waals surface area contributed by atoms with Crippen LogP contribution in [0.3, 0.4) is 0 Å². The average Bonchev–Trinajstić information content (AvgIpc) is 2.38. The number of hydrogen-bond acceptors (Lipinski definition) is 2. The molecule has 0 radical (unpaired) electrons. The molecule has 1 fully saturated rings. The van der Waals surface area contributed by atoms with Crippen molar-refractivity contribution < 1.29 is 4.79 Å². The fraction of sp³-hybridized carbons (Fsp3) is 0.533. The zero-order valence-corrected chi connectivity index (χ0v) is 14.4. The fourth-order valence-corrected chi connectivity index (χ4v) is 3.13. The van der Waals surface area contributed by atoms with Crippen LogP contribution in [0.15, 0.2) is 28.7 Å². The minimum Gasteiger partial charge on any atom is -0.341 e. The van der Waals surface area contributed by atoms with Gasteiger partial charge in [-0.3, -0.25) is 4.79 Å². The molecule has 112 valence electrons. The highest BCUT2D eigenvalue weighted by molar-refractivity contribution is 9.10. The molecule has 1 aliphatic rings. The second kappa shape index (κ2) is 7.43. The van der Waals surface area contributed by atoms with Gasteiger partial charge in [-0.1, -0.05) is 28.1 Å². The number of carbonyl (C=O) groups excluding carboxylic acids is 1. The van der Waals surface area contributed by atoms with Crippen molar-refractivity contribution in [3.05, 3.63) is 34.3 Å². The van der Waals surface area contributed by atoms with E-state index in [1.807, 2.05) is 24.1 Å². The van der Waals surface area contributed by atoms with Crippen LogP contribution in [0.2, 0.25) is 0 Å². The van der Waals surface area contributed by atoms with Crippen molar-refractivity contribution in [1.29, 1.82) is 0 Å². The van der Waals surface area contributed by atoms with Gasteiger partial charge in [0.05, 0.1) is 5.41 Å². The van der Waals surface area contributed by atoms with Crippen molar-refractivity contribution in [2.75, 3.05) is 20.1 Å². The van der Waals surface area contributed by atoms with E-state index in [0.29, 0.717) is 6.54 Å². The number of benzene rings is 1. The van der Waals surface area contributed by atoms with Gasteiger partial charge < -0.3 is 10.2 Å². The summed E-state index contributed by atoms with van der Waals surface area (Å²) < 4.78 is 1.05. The Bertz CT molecular complexity index is 461. The minimum atomic E-state index is -0.251. The van der Waals surface area contributed by atoms with Crippen molar-refractivity contribution >= 4 is 34.2 Å². The Kier molecular flexibility index (Phi) is 6.49. The van der Waals surface area contributed by atoms with Crippen molar-refractivity contribution in [1.82, 2.24) is 10.2 Å². The normalized spacial score (nSPS) is 21.9. The minimum absolute atomic E-state index is 0. The predicted molar refractivity (Wildman–Crippen MR) is 88.1 cm³/mol. The monoisotopic (exact) mass is 360 g/mol. The molecule has 1 atom stereocenters. The molecule has 1 heterocycles. The number of carbonyl (C=O) groups is 1. The largest absolute Gasteiger partial charge is 0.341 e. The first-order valence-electron chi connectivity index (χ1n) is 6.72. The number of rotatable bonds is 3. The van der Waals surface area contributed by atoms with Gasteiger partial charge in [0.25, 0.3) is 0 Å². The first kappa shape index (κ1) is 17.5. The van der Waals surface area contributed by atoms with Crippen molar-refractivity contribution in [3.63, 3.8) is 0 Å². The maximum atomic E-state index is 12.6. The van der Waals surface area contributed by atoms with Crippen LogP contribution in [-0.4, -0.2) is 30.9 Å². The molecule has 2 rings (SSSR count). The highest BCUT2D eigenvalue weighted by Crippen LogP contribution is 2.28. The molecule has 1 aliphatic heterocycles. The fourth-order valence-electron chi connectivity index (χ4n) is 2.68. The molecule has 1 saturated heterocycles. The summed E-state index contributed by atoms with van der Waals surface area (Å²) >= 11 is 3.46. The Morgan fingerprint density at radius 2 is 2.25 bits per heavy atom. The Labute approximate surface area is 135 Å². The van der Waals surface area contributed by atoms with Gasteiger partial charge in [0, 0.05) is 24.6 Å². The van der Waals surface area contributed by atoms with E-state index in [-0.39, 0.29) is 23.7 Å². The SMILES string of the molecule is CN(Cc1cccc(Br)c1)C(=O)C1(C)CCCNC1.Cl. The standard InChI is InChI=1S/C15H21BrN2O.ClH/c1-15(7-4-8-17-11-15)14(19)18(2)10-12-5-3-6-13(16)9-12;/h3,5-6,9,17H,4,7-8,10-11H2,1-2H3;1H. The van der Waals surface area contributed by atoms with Crippen molar-refractivity contribution in [2.24, 2.45) is 5.41 Å². The molecule has 1 aromatic rings. The zero-order valence-electron chi connectivity index (χ0n) is 12.0. The molecule has 0 aliphatic carbocycles. The summed E-state index contributed by atoms with van der Waals surface area (Å²) in [6.45, 7) is 4.54. The van der Waals surface area contributed by atoms with E-state index in [0.717, 1.165) is 36.0 Å². The van der Waals surface area contributed by atoms with E-state index in [2.05, 4.69) is 40.3 Å². The Morgan fingerprint density at radius 3 is 2.85 bits per heavy atom. The molecule has 0 aromatic heterocycles. The van der Waals surface area contributed by atoms with Gasteiger partial charge in [-0.2, -0.15) is 0 Å². The molecule has 1 unspecified atom stereocenters. The van der Waals surface area contributed by atoms with E-state index < -0.39 is 0 Å². The van der Waals surface area contributed by atoms with Crippen LogP contribution in [0, 0.1) is 5.41 Å². The summed E-state index contributed by atoms with van der Waals surface area (Å²) in [4.78, 5) is 14.4. The van der Waals surface area contributed by atoms with Crippen LogP contribution in [-0.2, 0) is 11.3 Å². The lowest BCUT2D eigenvalue weighted by Crippen LogP contribution is -2.48. The number of amides is 1. The van der Waals surface area contributed by atoms with Gasteiger partial charge in [0.1, 0.15) is 0 Å². The van der Waals surface area contributed by atoms with Gasteiger partial charge in [-0.15, -0.1) is 12.4 Å². The molecule has 0 bridgehead atoms. The van der Waals surface area contributed by atoms with E-state index in [9.17, 15) is 4.79 Å². The summed E-state index contributed by atoms with van der Waals surface area (Å²) in [5, 5.41) is 3.33. The molecule has 1 N–H and O–H groups in total. The second-order valence-electron chi connectivity index (χ2n) is 5.63. The zero-order chi connectivity index (χ0) is 13.9. The summed E-state index contributed by atoms with van der Waals surface area (Å²) in [7, 11) is 1.89. The summed E-state index contributed by atoms with van der Waals surface area (Å²) in [5.74, 6) is 0.236. The number of halogens is 2. The first-order chi connectivity index (χ1) is 9.01. The van der Waals surface area contributed by atoms with Crippen LogP contribution in [0.5, 0.6) is 0 Å². The molecule has 1 amide bonds. The average molecular weight is 362 g/mol. The van der Waals surface area contributed by atoms with E-state index in [1.165, 1.54) is 0 Å². The van der Waals surface area contributed by atoms with Crippen LogP contribution in [0.25, 0.3) is 0 Å². The Hall–Kier alpha value is -0.580. The molecule has 5 heteroatoms. The van der Waals surface area contributed by atoms with E-state index in [4.69, 9.17) is 0 Å². The molecule has 0 spiro atoms. The van der Waals surface area contributed by atoms with Gasteiger partial charge >= 0.3 is 0 Å². The van der Waals surface area contributed by atoms with Gasteiger partial charge in [0.15, 0.2) is 0 Å². The number of nitrogens with one attached hydrogen (secondary N) is 1. The third-order valence-corrected chi connectivity index (χ3v) is 4.26. The van der Waals surface area contributed by atoms with Gasteiger partial charge in [-0.25, -0.2) is 0 Å². The number of nitrogens with zero attached hydrogens (tertiary/aromatic N) is 1. The molecule has 3 nitrogen and oxygen atoms in total. The molecule has 0 saturated carbocycles. The smallest absolute Gasteiger partial charge is 0.229 e. The second-order valence-corrected chi connectivity index (χ2v) is 6.55. The van der Waals surface area contributed by atoms with E-state index >= 15 is 0 Å². The van der Waals surface area contributed by atoms with Gasteiger partial charge in [0.2, 0.25) is 5.91 Å². The summed E-state index contributed by atoms with van der Waals surface area (Å²) in [6, 6.07) is 8.11. The summed E-state index contributed by atoms with van der Waals surface area (Å²) in [6.07, 6.45) is 2.05. The Balaban J connectivity index is 0.00000200. The maximum Gasteiger partial charge on any atom is 0.229 e. The lowest BCUT2D eigenvalue weighted by atomic mass is 9.81. The Morgan fingerprint density at radius 1 is 1.50 bits per heavy atom. The number of piperidine rings is 1. The number of hydrogen-bond donors (Lipinski definition) is 1. The lowest BCUT2D eigenvalue weighted by molar-refractivity contribution is -0.141. The molecular formula is C15H22BrClN2O. The topological polar surface area (TPSA) is 32.3 Å². The molecule has 1 aromatic carbocycles. The van der Waals surface area contributed by atoms with Crippen LogP contribution >= 0.6 is 28.3 Å². The maximum absolute atomic E-state index is 12.6. The van der Waals surface area contributed by atoms with Crippen LogP contribution in [0.4, 0.5) is 0 Å². The summed E-state index contributed by atoms with van der Waals surface area (Å²) in [5.41, 5.74) is 0.900. The van der Waals surface area contributed by atoms with Crippen LogP contribution in [0.1, 0.15) is 25.3 Å². The first-order valence-corrected chi connectivity index (χ1v) is 7.51. The highest BCUT2D eigenvalue weighted by Gasteiger charge is 2.36. The molecular weight excluding hydrogens is 340 g/mol. The van der Waals surface area contributed by atoms with Gasteiger partial charge in [-0.05, 0) is 44.0 Å². The third-order valence-electron chi connectivity index (χ3n) is 3.77. The quantitative estimate of drug-likeness (QED) is 0.896. The molecule has 20 heavy (non-hydrogen) atoms. The van der Waals surface area contributed by atoms with Crippen LogP contribution < -0.4 is 5.32 Å². The lowest BCUT2D eigenvalue weighted by Gasteiger charge is -2.36. The third kappa shape index (κ3) is 4.21. The highest BCUT2D eigenvalue weighted by atomic mass is 79.9. The predicted octanol–water partition coefficient (Wildman–Crippen LogP) is 3.22.